The molecular formula is C5H7NaO8S. The minimum Gasteiger partial charge on any atom is -0.726 e. The number of esters is 1. The standard InChI is InChI=1S/C5H8O8S.Na/c6-3-2(1-12-14(9,10)11)13-5(8)4(3)7;/h2-4,6-7H,1H2,(H,9,10,11);/q;+1/p-1/t2-,3-,4-;/m1./s1. The van der Waals surface area contributed by atoms with Crippen LogP contribution < -0.4 is 29.6 Å². The summed E-state index contributed by atoms with van der Waals surface area (Å²) in [6.07, 6.45) is -4.68. The summed E-state index contributed by atoms with van der Waals surface area (Å²) in [5.41, 5.74) is 0. The Hall–Kier alpha value is 0.260. The number of hydrogen-bond donors (Lipinski definition) is 2. The topological polar surface area (TPSA) is 133 Å². The van der Waals surface area contributed by atoms with Gasteiger partial charge in [-0.3, -0.25) is 4.18 Å². The summed E-state index contributed by atoms with van der Waals surface area (Å²) >= 11 is 0. The molecule has 0 amide bonds. The molecule has 0 spiro atoms. The Morgan fingerprint density at radius 2 is 2.00 bits per heavy atom. The zero-order valence-electron chi connectivity index (χ0n) is 7.69. The third kappa shape index (κ3) is 4.33. The number of aliphatic hydroxyl groups is 2. The van der Waals surface area contributed by atoms with Crippen LogP contribution in [-0.4, -0.2) is 54.1 Å². The van der Waals surface area contributed by atoms with Crippen molar-refractivity contribution < 1.29 is 66.5 Å². The molecular weight excluding hydrogens is 243 g/mol. The maximum absolute atomic E-state index is 10.6. The van der Waals surface area contributed by atoms with Crippen LogP contribution in [-0.2, 0) is 24.1 Å². The van der Waals surface area contributed by atoms with E-state index in [-0.39, 0.29) is 29.6 Å². The van der Waals surface area contributed by atoms with Crippen molar-refractivity contribution in [3.63, 3.8) is 0 Å². The number of carbonyl (C=O) groups is 1. The van der Waals surface area contributed by atoms with Gasteiger partial charge in [-0.1, -0.05) is 0 Å². The molecule has 2 N–H and O–H groups in total. The Kier molecular flexibility index (Phi) is 5.64. The van der Waals surface area contributed by atoms with E-state index in [9.17, 15) is 17.8 Å². The first-order valence-electron chi connectivity index (χ1n) is 3.48. The van der Waals surface area contributed by atoms with Crippen molar-refractivity contribution in [2.75, 3.05) is 6.61 Å². The Balaban J connectivity index is 0.00000196. The molecule has 15 heavy (non-hydrogen) atoms. The quantitative estimate of drug-likeness (QED) is 0.219. The van der Waals surface area contributed by atoms with Gasteiger partial charge in [0.1, 0.15) is 12.7 Å². The fraction of sp³-hybridized carbons (Fsp3) is 0.800. The number of cyclic esters (lactones) is 1. The summed E-state index contributed by atoms with van der Waals surface area (Å²) < 4.78 is 38.0. The van der Waals surface area contributed by atoms with E-state index in [4.69, 9.17) is 10.2 Å². The molecule has 0 saturated carbocycles. The molecule has 1 fully saturated rings. The van der Waals surface area contributed by atoms with Crippen molar-refractivity contribution in [3.05, 3.63) is 0 Å². The van der Waals surface area contributed by atoms with Crippen molar-refractivity contribution in [2.24, 2.45) is 0 Å². The average molecular weight is 250 g/mol. The van der Waals surface area contributed by atoms with E-state index in [0.29, 0.717) is 0 Å². The molecule has 1 rings (SSSR count). The SMILES string of the molecule is O=C1O[C@H](COS(=O)(=O)[O-])[C@@H](O)[C@H]1O.[Na+]. The van der Waals surface area contributed by atoms with Crippen LogP contribution in [0, 0.1) is 0 Å². The van der Waals surface area contributed by atoms with Gasteiger partial charge in [0, 0.05) is 0 Å². The fourth-order valence-corrected chi connectivity index (χ4v) is 1.22. The second-order valence-corrected chi connectivity index (χ2v) is 3.66. The third-order valence-electron chi connectivity index (χ3n) is 1.59. The molecule has 0 bridgehead atoms. The molecule has 0 radical (unpaired) electrons. The summed E-state index contributed by atoms with van der Waals surface area (Å²) in [6.45, 7) is -0.810. The predicted molar refractivity (Wildman–Crippen MR) is 37.5 cm³/mol. The summed E-state index contributed by atoms with van der Waals surface area (Å²) in [7, 11) is -4.90. The second kappa shape index (κ2) is 5.55. The summed E-state index contributed by atoms with van der Waals surface area (Å²) in [5.74, 6) is -1.09. The van der Waals surface area contributed by atoms with Gasteiger partial charge in [0.25, 0.3) is 0 Å². The Morgan fingerprint density at radius 1 is 1.47 bits per heavy atom. The van der Waals surface area contributed by atoms with Gasteiger partial charge in [-0.25, -0.2) is 13.2 Å². The van der Waals surface area contributed by atoms with Crippen molar-refractivity contribution in [3.8, 4) is 0 Å². The summed E-state index contributed by atoms with van der Waals surface area (Å²) in [4.78, 5) is 10.6. The van der Waals surface area contributed by atoms with Crippen LogP contribution in [0.4, 0.5) is 0 Å². The van der Waals surface area contributed by atoms with Crippen LogP contribution in [0.3, 0.4) is 0 Å². The molecule has 0 aliphatic carbocycles. The molecule has 82 valence electrons. The van der Waals surface area contributed by atoms with Crippen molar-refractivity contribution in [2.45, 2.75) is 18.3 Å². The minimum absolute atomic E-state index is 0. The van der Waals surface area contributed by atoms with Gasteiger partial charge in [-0.05, 0) is 0 Å². The average Bonchev–Trinajstić information content (AvgIpc) is 2.28. The smallest absolute Gasteiger partial charge is 0.726 e. The Morgan fingerprint density at radius 3 is 2.33 bits per heavy atom. The zero-order chi connectivity index (χ0) is 10.9. The predicted octanol–water partition coefficient (Wildman–Crippen LogP) is -5.89. The van der Waals surface area contributed by atoms with E-state index < -0.39 is 41.3 Å². The maximum Gasteiger partial charge on any atom is 1.00 e. The number of aliphatic hydroxyl groups excluding tert-OH is 2. The second-order valence-electron chi connectivity index (χ2n) is 2.60. The molecule has 8 nitrogen and oxygen atoms in total. The van der Waals surface area contributed by atoms with Crippen molar-refractivity contribution in [1.82, 2.24) is 0 Å². The number of hydrogen-bond acceptors (Lipinski definition) is 8. The van der Waals surface area contributed by atoms with Gasteiger partial charge < -0.3 is 19.5 Å². The molecule has 0 aromatic heterocycles. The van der Waals surface area contributed by atoms with E-state index >= 15 is 0 Å². The summed E-state index contributed by atoms with van der Waals surface area (Å²) in [6, 6.07) is 0. The first kappa shape index (κ1) is 15.3. The van der Waals surface area contributed by atoms with E-state index in [1.807, 2.05) is 0 Å². The zero-order valence-corrected chi connectivity index (χ0v) is 10.5. The molecule has 1 heterocycles. The molecule has 0 aromatic rings. The van der Waals surface area contributed by atoms with Crippen molar-refractivity contribution >= 4 is 16.4 Å². The fourth-order valence-electron chi connectivity index (χ4n) is 0.914. The van der Waals surface area contributed by atoms with Crippen LogP contribution in [0.5, 0.6) is 0 Å². The molecule has 10 heteroatoms. The Bertz CT molecular complexity index is 326. The van der Waals surface area contributed by atoms with Gasteiger partial charge in [-0.2, -0.15) is 0 Å². The van der Waals surface area contributed by atoms with Crippen LogP contribution in [0.1, 0.15) is 0 Å². The summed E-state index contributed by atoms with van der Waals surface area (Å²) in [5, 5.41) is 17.9. The van der Waals surface area contributed by atoms with Gasteiger partial charge in [0.05, 0.1) is 0 Å². The van der Waals surface area contributed by atoms with Gasteiger partial charge >= 0.3 is 35.5 Å². The number of carbonyl (C=O) groups excluding carboxylic acids is 1. The van der Waals surface area contributed by atoms with Crippen LogP contribution >= 0.6 is 0 Å². The molecule has 0 aromatic carbocycles. The first-order valence-corrected chi connectivity index (χ1v) is 4.81. The van der Waals surface area contributed by atoms with Gasteiger partial charge in [-0.15, -0.1) is 0 Å². The van der Waals surface area contributed by atoms with Gasteiger partial charge in [0.2, 0.25) is 10.4 Å². The van der Waals surface area contributed by atoms with Gasteiger partial charge in [0.15, 0.2) is 12.2 Å². The molecule has 1 saturated heterocycles. The third-order valence-corrected chi connectivity index (χ3v) is 2.01. The van der Waals surface area contributed by atoms with Crippen LogP contribution in [0.15, 0.2) is 0 Å². The molecule has 1 aliphatic rings. The van der Waals surface area contributed by atoms with E-state index in [0.717, 1.165) is 0 Å². The largest absolute Gasteiger partial charge is 1.00 e. The number of ether oxygens (including phenoxy) is 1. The molecule has 3 atom stereocenters. The van der Waals surface area contributed by atoms with E-state index in [1.165, 1.54) is 0 Å². The van der Waals surface area contributed by atoms with E-state index in [1.54, 1.807) is 0 Å². The first-order chi connectivity index (χ1) is 6.31. The Labute approximate surface area is 107 Å². The normalized spacial score (nSPS) is 30.9. The number of rotatable bonds is 3. The minimum atomic E-state index is -4.90. The monoisotopic (exact) mass is 250 g/mol. The van der Waals surface area contributed by atoms with Crippen molar-refractivity contribution in [1.29, 1.82) is 0 Å². The molecule has 1 aliphatic heterocycles. The molecule has 0 unspecified atom stereocenters. The van der Waals surface area contributed by atoms with Crippen LogP contribution in [0.25, 0.3) is 0 Å². The van der Waals surface area contributed by atoms with Crippen LogP contribution in [0.2, 0.25) is 0 Å². The maximum atomic E-state index is 10.6. The van der Waals surface area contributed by atoms with E-state index in [2.05, 4.69) is 8.92 Å².